The molecule has 1 aromatic carbocycles. The van der Waals surface area contributed by atoms with Crippen LogP contribution in [0.5, 0.6) is 5.88 Å². The lowest BCUT2D eigenvalue weighted by atomic mass is 9.86. The lowest BCUT2D eigenvalue weighted by Crippen LogP contribution is -2.44. The zero-order valence-corrected chi connectivity index (χ0v) is 16.5. The van der Waals surface area contributed by atoms with Gasteiger partial charge >= 0.3 is 0 Å². The van der Waals surface area contributed by atoms with Crippen LogP contribution in [0, 0.1) is 0 Å². The Balaban J connectivity index is 1.88. The summed E-state index contributed by atoms with van der Waals surface area (Å²) in [7, 11) is 1.55. The van der Waals surface area contributed by atoms with E-state index in [1.54, 1.807) is 38.4 Å². The molecule has 2 aromatic rings. The van der Waals surface area contributed by atoms with Crippen LogP contribution in [0.25, 0.3) is 0 Å². The number of nitrogens with zero attached hydrogens (tertiary/aromatic N) is 1. The van der Waals surface area contributed by atoms with E-state index in [1.807, 2.05) is 18.2 Å². The fraction of sp³-hybridized carbons (Fsp3) is 0.381. The van der Waals surface area contributed by atoms with Crippen LogP contribution in [0.4, 0.5) is 0 Å². The number of aromatic nitrogens is 1. The fourth-order valence-electron chi connectivity index (χ4n) is 2.45. The minimum Gasteiger partial charge on any atom is -0.481 e. The molecule has 0 aliphatic carbocycles. The molecule has 1 aromatic heterocycles. The first-order chi connectivity index (χ1) is 12.7. The predicted molar refractivity (Wildman–Crippen MR) is 105 cm³/mol. The molecule has 6 nitrogen and oxygen atoms in total. The van der Waals surface area contributed by atoms with E-state index in [9.17, 15) is 9.59 Å². The summed E-state index contributed by atoms with van der Waals surface area (Å²) < 4.78 is 5.00. The normalized spacial score (nSPS) is 12.2. The Morgan fingerprint density at radius 2 is 1.78 bits per heavy atom. The van der Waals surface area contributed by atoms with Crippen LogP contribution in [0.2, 0.25) is 0 Å². The monoisotopic (exact) mass is 369 g/mol. The molecule has 27 heavy (non-hydrogen) atoms. The first kappa shape index (κ1) is 20.4. The van der Waals surface area contributed by atoms with Gasteiger partial charge in [-0.1, -0.05) is 39.0 Å². The van der Waals surface area contributed by atoms with Gasteiger partial charge in [0.1, 0.15) is 6.04 Å². The first-order valence-corrected chi connectivity index (χ1v) is 8.88. The molecule has 0 fully saturated rings. The molecule has 6 heteroatoms. The number of ether oxygens (including phenoxy) is 1. The van der Waals surface area contributed by atoms with Crippen molar-refractivity contribution in [2.24, 2.45) is 0 Å². The summed E-state index contributed by atoms with van der Waals surface area (Å²) in [6.45, 7) is 8.34. The second kappa shape index (κ2) is 8.66. The van der Waals surface area contributed by atoms with Gasteiger partial charge in [0.2, 0.25) is 11.8 Å². The Labute approximate surface area is 160 Å². The quantitative estimate of drug-likeness (QED) is 0.820. The molecule has 0 bridgehead atoms. The summed E-state index contributed by atoms with van der Waals surface area (Å²) >= 11 is 0. The Morgan fingerprint density at radius 3 is 2.30 bits per heavy atom. The van der Waals surface area contributed by atoms with E-state index in [1.165, 1.54) is 0 Å². The number of carbonyl (C=O) groups excluding carboxylic acids is 2. The highest BCUT2D eigenvalue weighted by Crippen LogP contribution is 2.22. The number of rotatable bonds is 6. The molecule has 0 aliphatic rings. The molecule has 2 N–H and O–H groups in total. The highest BCUT2D eigenvalue weighted by atomic mass is 16.5. The molecular weight excluding hydrogens is 342 g/mol. The van der Waals surface area contributed by atoms with Crippen LogP contribution in [-0.4, -0.2) is 29.9 Å². The number of carbonyl (C=O) groups is 2. The van der Waals surface area contributed by atoms with Crippen molar-refractivity contribution in [3.63, 3.8) is 0 Å². The molecule has 1 atom stereocenters. The van der Waals surface area contributed by atoms with Crippen LogP contribution in [0.15, 0.2) is 42.6 Å². The Hall–Kier alpha value is -2.89. The topological polar surface area (TPSA) is 80.3 Å². The van der Waals surface area contributed by atoms with Gasteiger partial charge in [0, 0.05) is 24.4 Å². The van der Waals surface area contributed by atoms with Crippen molar-refractivity contribution in [2.45, 2.75) is 45.7 Å². The van der Waals surface area contributed by atoms with E-state index in [4.69, 9.17) is 4.74 Å². The largest absolute Gasteiger partial charge is 0.481 e. The summed E-state index contributed by atoms with van der Waals surface area (Å²) in [6.07, 6.45) is 1.64. The van der Waals surface area contributed by atoms with Gasteiger partial charge in [0.05, 0.1) is 7.11 Å². The smallest absolute Gasteiger partial charge is 0.251 e. The number of hydrogen-bond acceptors (Lipinski definition) is 4. The Morgan fingerprint density at radius 1 is 1.11 bits per heavy atom. The number of benzene rings is 1. The molecule has 144 valence electrons. The SMILES string of the molecule is COc1ccc(CNC(=O)[C@@H](C)NC(=O)c2ccc(C(C)(C)C)cc2)cn1. The number of methoxy groups -OCH3 is 1. The highest BCUT2D eigenvalue weighted by Gasteiger charge is 2.18. The molecule has 0 saturated carbocycles. The predicted octanol–water partition coefficient (Wildman–Crippen LogP) is 2.82. The van der Waals surface area contributed by atoms with Crippen molar-refractivity contribution in [1.29, 1.82) is 0 Å². The molecule has 0 saturated heterocycles. The van der Waals surface area contributed by atoms with E-state index in [0.29, 0.717) is 18.0 Å². The average molecular weight is 369 g/mol. The molecule has 0 aliphatic heterocycles. The van der Waals surface area contributed by atoms with Crippen molar-refractivity contribution >= 4 is 11.8 Å². The lowest BCUT2D eigenvalue weighted by molar-refractivity contribution is -0.122. The molecular formula is C21H27N3O3. The second-order valence-electron chi connectivity index (χ2n) is 7.45. The minimum atomic E-state index is -0.647. The third-order valence-electron chi connectivity index (χ3n) is 4.23. The van der Waals surface area contributed by atoms with Crippen molar-refractivity contribution in [1.82, 2.24) is 15.6 Å². The van der Waals surface area contributed by atoms with Crippen LogP contribution < -0.4 is 15.4 Å². The summed E-state index contributed by atoms with van der Waals surface area (Å²) in [6, 6.07) is 10.4. The van der Waals surface area contributed by atoms with E-state index < -0.39 is 6.04 Å². The van der Waals surface area contributed by atoms with Crippen LogP contribution in [0.3, 0.4) is 0 Å². The number of hydrogen-bond donors (Lipinski definition) is 2. The van der Waals surface area contributed by atoms with Crippen molar-refractivity contribution < 1.29 is 14.3 Å². The van der Waals surface area contributed by atoms with Gasteiger partial charge in [0.15, 0.2) is 0 Å². The number of nitrogens with one attached hydrogen (secondary N) is 2. The fourth-order valence-corrected chi connectivity index (χ4v) is 2.45. The van der Waals surface area contributed by atoms with E-state index >= 15 is 0 Å². The summed E-state index contributed by atoms with van der Waals surface area (Å²) in [5.74, 6) is -0.0158. The van der Waals surface area contributed by atoms with Gasteiger partial charge in [-0.2, -0.15) is 0 Å². The Bertz CT molecular complexity index is 778. The molecule has 2 amide bonds. The van der Waals surface area contributed by atoms with Crippen LogP contribution in [0.1, 0.15) is 49.2 Å². The summed E-state index contributed by atoms with van der Waals surface area (Å²) in [5, 5.41) is 5.51. The second-order valence-corrected chi connectivity index (χ2v) is 7.45. The lowest BCUT2D eigenvalue weighted by Gasteiger charge is -2.19. The van der Waals surface area contributed by atoms with Crippen molar-refractivity contribution in [2.75, 3.05) is 7.11 Å². The standard InChI is InChI=1S/C21H27N3O3/c1-14(19(25)23-13-15-6-11-18(27-5)22-12-15)24-20(26)16-7-9-17(10-8-16)21(2,3)4/h6-12,14H,13H2,1-5H3,(H,23,25)(H,24,26)/t14-/m1/s1. The Kier molecular flexibility index (Phi) is 6.55. The molecule has 0 spiro atoms. The molecule has 0 radical (unpaired) electrons. The zero-order valence-electron chi connectivity index (χ0n) is 16.5. The molecule has 2 rings (SSSR count). The zero-order chi connectivity index (χ0) is 20.0. The van der Waals surface area contributed by atoms with Crippen molar-refractivity contribution in [3.8, 4) is 5.88 Å². The number of amides is 2. The van der Waals surface area contributed by atoms with E-state index in [0.717, 1.165) is 11.1 Å². The molecule has 0 unspecified atom stereocenters. The van der Waals surface area contributed by atoms with E-state index in [-0.39, 0.29) is 17.2 Å². The first-order valence-electron chi connectivity index (χ1n) is 8.88. The third-order valence-corrected chi connectivity index (χ3v) is 4.23. The summed E-state index contributed by atoms with van der Waals surface area (Å²) in [4.78, 5) is 28.7. The minimum absolute atomic E-state index is 0.0263. The maximum atomic E-state index is 12.4. The van der Waals surface area contributed by atoms with Gasteiger partial charge in [-0.15, -0.1) is 0 Å². The van der Waals surface area contributed by atoms with Crippen LogP contribution in [-0.2, 0) is 16.8 Å². The van der Waals surface area contributed by atoms with Gasteiger partial charge in [0.25, 0.3) is 5.91 Å². The van der Waals surface area contributed by atoms with Crippen molar-refractivity contribution in [3.05, 3.63) is 59.3 Å². The highest BCUT2D eigenvalue weighted by molar-refractivity contribution is 5.97. The van der Waals surface area contributed by atoms with Gasteiger partial charge in [-0.3, -0.25) is 9.59 Å². The van der Waals surface area contributed by atoms with Gasteiger partial charge < -0.3 is 15.4 Å². The third kappa shape index (κ3) is 5.81. The van der Waals surface area contributed by atoms with Gasteiger partial charge in [-0.25, -0.2) is 4.98 Å². The molecule has 1 heterocycles. The summed E-state index contributed by atoms with van der Waals surface area (Å²) in [5.41, 5.74) is 2.55. The number of pyridine rings is 1. The maximum Gasteiger partial charge on any atom is 0.251 e. The van der Waals surface area contributed by atoms with E-state index in [2.05, 4.69) is 36.4 Å². The van der Waals surface area contributed by atoms with Gasteiger partial charge in [-0.05, 0) is 35.6 Å². The maximum absolute atomic E-state index is 12.4. The van der Waals surface area contributed by atoms with Crippen LogP contribution >= 0.6 is 0 Å². The average Bonchev–Trinajstić information content (AvgIpc) is 2.65.